The highest BCUT2D eigenvalue weighted by molar-refractivity contribution is 5.78. The molecular weight excluding hydrogens is 224 g/mol. The molecule has 1 saturated heterocycles. The summed E-state index contributed by atoms with van der Waals surface area (Å²) < 4.78 is 5.51. The topological polar surface area (TPSA) is 48.1 Å². The Balaban J connectivity index is 1.85. The van der Waals surface area contributed by atoms with Crippen molar-refractivity contribution in [3.8, 4) is 0 Å². The minimum Gasteiger partial charge on any atom is -0.380 e. The highest BCUT2D eigenvalue weighted by Gasteiger charge is 2.28. The molecule has 1 aliphatic heterocycles. The number of nitrogens with zero attached hydrogens (tertiary/aromatic N) is 1. The molecule has 18 heavy (non-hydrogen) atoms. The number of rotatable bonds is 2. The van der Waals surface area contributed by atoms with E-state index in [0.29, 0.717) is 6.61 Å². The Kier molecular flexibility index (Phi) is 3.02. The van der Waals surface area contributed by atoms with Crippen LogP contribution in [0.3, 0.4) is 0 Å². The molecule has 94 valence electrons. The molecule has 1 unspecified atom stereocenters. The van der Waals surface area contributed by atoms with E-state index in [4.69, 9.17) is 10.5 Å². The Morgan fingerprint density at radius 1 is 1.33 bits per heavy atom. The lowest BCUT2D eigenvalue weighted by Gasteiger charge is -2.33. The van der Waals surface area contributed by atoms with Gasteiger partial charge in [-0.2, -0.15) is 0 Å². The molecule has 2 heterocycles. The van der Waals surface area contributed by atoms with Crippen LogP contribution >= 0.6 is 0 Å². The molecule has 3 rings (SSSR count). The van der Waals surface area contributed by atoms with Crippen molar-refractivity contribution in [3.63, 3.8) is 0 Å². The first kappa shape index (κ1) is 11.6. The molecule has 0 saturated carbocycles. The minimum atomic E-state index is -0.200. The van der Waals surface area contributed by atoms with Gasteiger partial charge in [0.1, 0.15) is 0 Å². The molecule has 0 spiro atoms. The van der Waals surface area contributed by atoms with Gasteiger partial charge in [0.05, 0.1) is 12.1 Å². The third kappa shape index (κ3) is 2.37. The van der Waals surface area contributed by atoms with Gasteiger partial charge >= 0.3 is 0 Å². The third-order valence-electron chi connectivity index (χ3n) is 3.58. The summed E-state index contributed by atoms with van der Waals surface area (Å²) >= 11 is 0. The van der Waals surface area contributed by atoms with Crippen LogP contribution in [0, 0.1) is 0 Å². The fourth-order valence-electron chi connectivity index (χ4n) is 2.65. The first-order valence-electron chi connectivity index (χ1n) is 6.46. The molecule has 3 nitrogen and oxygen atoms in total. The van der Waals surface area contributed by atoms with Crippen LogP contribution in [0.25, 0.3) is 10.9 Å². The highest BCUT2D eigenvalue weighted by Crippen LogP contribution is 2.23. The largest absolute Gasteiger partial charge is 0.380 e. The maximum atomic E-state index is 6.39. The normalized spacial score (nSPS) is 24.3. The molecule has 0 aliphatic carbocycles. The number of hydrogen-bond acceptors (Lipinski definition) is 3. The van der Waals surface area contributed by atoms with Crippen molar-refractivity contribution >= 4 is 10.9 Å². The van der Waals surface area contributed by atoms with Gasteiger partial charge in [0.2, 0.25) is 0 Å². The fourth-order valence-corrected chi connectivity index (χ4v) is 2.65. The van der Waals surface area contributed by atoms with Crippen molar-refractivity contribution in [1.29, 1.82) is 0 Å². The second-order valence-corrected chi connectivity index (χ2v) is 5.23. The van der Waals surface area contributed by atoms with Crippen molar-refractivity contribution in [1.82, 2.24) is 4.98 Å². The molecule has 1 atom stereocenters. The smallest absolute Gasteiger partial charge is 0.0702 e. The molecule has 0 amide bonds. The molecule has 0 bridgehead atoms. The first-order valence-corrected chi connectivity index (χ1v) is 6.46. The molecule has 2 N–H and O–H groups in total. The van der Waals surface area contributed by atoms with Crippen LogP contribution in [-0.4, -0.2) is 23.7 Å². The quantitative estimate of drug-likeness (QED) is 0.879. The Bertz CT molecular complexity index is 547. The molecule has 1 aliphatic rings. The summed E-state index contributed by atoms with van der Waals surface area (Å²) in [7, 11) is 0. The Labute approximate surface area is 107 Å². The van der Waals surface area contributed by atoms with Gasteiger partial charge in [0.25, 0.3) is 0 Å². The molecule has 1 aromatic heterocycles. The van der Waals surface area contributed by atoms with E-state index in [2.05, 4.69) is 29.2 Å². The van der Waals surface area contributed by atoms with Crippen molar-refractivity contribution in [2.75, 3.05) is 13.2 Å². The summed E-state index contributed by atoms with van der Waals surface area (Å²) in [6.07, 6.45) is 4.79. The number of aromatic nitrogens is 1. The van der Waals surface area contributed by atoms with Crippen molar-refractivity contribution in [3.05, 3.63) is 42.1 Å². The summed E-state index contributed by atoms with van der Waals surface area (Å²) in [5.41, 5.74) is 8.50. The van der Waals surface area contributed by atoms with E-state index in [1.807, 2.05) is 12.3 Å². The lowest BCUT2D eigenvalue weighted by molar-refractivity contribution is 0.0382. The van der Waals surface area contributed by atoms with Gasteiger partial charge in [0.15, 0.2) is 0 Å². The van der Waals surface area contributed by atoms with Gasteiger partial charge in [-0.05, 0) is 43.0 Å². The average Bonchev–Trinajstić information content (AvgIpc) is 2.39. The van der Waals surface area contributed by atoms with Gasteiger partial charge in [-0.1, -0.05) is 12.1 Å². The second-order valence-electron chi connectivity index (χ2n) is 5.23. The van der Waals surface area contributed by atoms with Crippen molar-refractivity contribution < 1.29 is 4.74 Å². The number of hydrogen-bond donors (Lipinski definition) is 1. The number of fused-ring (bicyclic) bond motifs is 1. The predicted molar refractivity (Wildman–Crippen MR) is 72.4 cm³/mol. The fraction of sp³-hybridized carbons (Fsp3) is 0.400. The summed E-state index contributed by atoms with van der Waals surface area (Å²) in [5.74, 6) is 0. The van der Waals surface area contributed by atoms with Gasteiger partial charge < -0.3 is 10.5 Å². The van der Waals surface area contributed by atoms with E-state index in [1.54, 1.807) is 0 Å². The molecule has 1 fully saturated rings. The summed E-state index contributed by atoms with van der Waals surface area (Å²) in [6, 6.07) is 10.4. The lowest BCUT2D eigenvalue weighted by Crippen LogP contribution is -2.49. The van der Waals surface area contributed by atoms with E-state index in [0.717, 1.165) is 31.4 Å². The number of pyridine rings is 1. The SMILES string of the molecule is NC1(Cc2ccc3ncccc3c2)CCCOC1. The molecule has 1 aromatic carbocycles. The average molecular weight is 242 g/mol. The van der Waals surface area contributed by atoms with Crippen LogP contribution in [0.5, 0.6) is 0 Å². The van der Waals surface area contributed by atoms with Crippen molar-refractivity contribution in [2.24, 2.45) is 5.73 Å². The first-order chi connectivity index (χ1) is 8.75. The monoisotopic (exact) mass is 242 g/mol. The van der Waals surface area contributed by atoms with Crippen LogP contribution in [-0.2, 0) is 11.2 Å². The highest BCUT2D eigenvalue weighted by atomic mass is 16.5. The maximum Gasteiger partial charge on any atom is 0.0702 e. The summed E-state index contributed by atoms with van der Waals surface area (Å²) in [6.45, 7) is 1.51. The van der Waals surface area contributed by atoms with Crippen LogP contribution < -0.4 is 5.73 Å². The number of ether oxygens (including phenoxy) is 1. The third-order valence-corrected chi connectivity index (χ3v) is 3.58. The molecular formula is C15H18N2O. The Hall–Kier alpha value is -1.45. The minimum absolute atomic E-state index is 0.200. The van der Waals surface area contributed by atoms with Crippen LogP contribution in [0.2, 0.25) is 0 Å². The van der Waals surface area contributed by atoms with Gasteiger partial charge in [-0.15, -0.1) is 0 Å². The molecule has 2 aromatic rings. The van der Waals surface area contributed by atoms with Crippen LogP contribution in [0.4, 0.5) is 0 Å². The Morgan fingerprint density at radius 3 is 3.11 bits per heavy atom. The zero-order valence-corrected chi connectivity index (χ0v) is 10.4. The zero-order valence-electron chi connectivity index (χ0n) is 10.4. The van der Waals surface area contributed by atoms with E-state index in [-0.39, 0.29) is 5.54 Å². The Morgan fingerprint density at radius 2 is 2.28 bits per heavy atom. The van der Waals surface area contributed by atoms with Gasteiger partial charge in [-0.25, -0.2) is 0 Å². The summed E-state index contributed by atoms with van der Waals surface area (Å²) in [5, 5.41) is 1.18. The maximum absolute atomic E-state index is 6.39. The number of benzene rings is 1. The summed E-state index contributed by atoms with van der Waals surface area (Å²) in [4.78, 5) is 4.33. The van der Waals surface area contributed by atoms with E-state index >= 15 is 0 Å². The van der Waals surface area contributed by atoms with Crippen molar-refractivity contribution in [2.45, 2.75) is 24.8 Å². The standard InChI is InChI=1S/C15H18N2O/c16-15(6-2-8-18-11-15)10-12-4-5-14-13(9-12)3-1-7-17-14/h1,3-5,7,9H,2,6,8,10-11,16H2. The van der Waals surface area contributed by atoms with Crippen LogP contribution in [0.1, 0.15) is 18.4 Å². The predicted octanol–water partition coefficient (Wildman–Crippen LogP) is 2.29. The van der Waals surface area contributed by atoms with Crippen LogP contribution in [0.15, 0.2) is 36.5 Å². The van der Waals surface area contributed by atoms with E-state index in [9.17, 15) is 0 Å². The molecule has 0 radical (unpaired) electrons. The molecule has 3 heteroatoms. The zero-order chi connectivity index (χ0) is 12.4. The van der Waals surface area contributed by atoms with E-state index < -0.39 is 0 Å². The van der Waals surface area contributed by atoms with Gasteiger partial charge in [-0.3, -0.25) is 4.98 Å². The lowest BCUT2D eigenvalue weighted by atomic mass is 9.86. The number of nitrogens with two attached hydrogens (primary N) is 1. The second kappa shape index (κ2) is 4.67. The van der Waals surface area contributed by atoms with Gasteiger partial charge in [0, 0.05) is 23.7 Å². The van der Waals surface area contributed by atoms with E-state index in [1.165, 1.54) is 10.9 Å².